The third kappa shape index (κ3) is 3.08. The fourth-order valence-corrected chi connectivity index (χ4v) is 3.53. The van der Waals surface area contributed by atoms with Crippen LogP contribution >= 0.6 is 15.9 Å². The largest absolute Gasteiger partial charge is 0.294 e. The van der Waals surface area contributed by atoms with E-state index < -0.39 is 0 Å². The van der Waals surface area contributed by atoms with Crippen molar-refractivity contribution < 1.29 is 9.18 Å². The molecule has 1 unspecified atom stereocenters. The molecule has 3 rings (SSSR count). The van der Waals surface area contributed by atoms with Crippen LogP contribution in [0.4, 0.5) is 4.39 Å². The van der Waals surface area contributed by atoms with Crippen LogP contribution in [-0.2, 0) is 12.8 Å². The number of Topliss-reactive ketones (excluding diaryl/α,β-unsaturated/α-hetero) is 1. The number of hydrogen-bond acceptors (Lipinski definition) is 1. The molecule has 0 aliphatic heterocycles. The summed E-state index contributed by atoms with van der Waals surface area (Å²) < 4.78 is 13.9. The quantitative estimate of drug-likeness (QED) is 0.702. The molecule has 3 heteroatoms. The normalized spacial score (nSPS) is 18.2. The number of halogens is 2. The Bertz CT molecular complexity index is 681. The Morgan fingerprint density at radius 1 is 1.19 bits per heavy atom. The van der Waals surface area contributed by atoms with E-state index in [1.165, 1.54) is 12.1 Å². The third-order valence-electron chi connectivity index (χ3n) is 4.13. The zero-order chi connectivity index (χ0) is 14.8. The molecule has 1 atom stereocenters. The van der Waals surface area contributed by atoms with Gasteiger partial charge in [-0.25, -0.2) is 4.39 Å². The maximum Gasteiger partial charge on any atom is 0.166 e. The first-order valence-corrected chi connectivity index (χ1v) is 8.00. The zero-order valence-electron chi connectivity index (χ0n) is 11.6. The van der Waals surface area contributed by atoms with Crippen LogP contribution in [0, 0.1) is 11.7 Å². The van der Waals surface area contributed by atoms with Crippen LogP contribution in [0.15, 0.2) is 46.9 Å². The van der Waals surface area contributed by atoms with Crippen molar-refractivity contribution in [2.24, 2.45) is 5.92 Å². The molecule has 0 saturated carbocycles. The van der Waals surface area contributed by atoms with E-state index in [1.54, 1.807) is 6.07 Å². The highest BCUT2D eigenvalue weighted by Crippen LogP contribution is 2.29. The van der Waals surface area contributed by atoms with Gasteiger partial charge in [-0.15, -0.1) is 0 Å². The van der Waals surface area contributed by atoms with Crippen LogP contribution in [0.5, 0.6) is 0 Å². The predicted octanol–water partition coefficient (Wildman–Crippen LogP) is 4.97. The number of rotatable bonds is 2. The fourth-order valence-electron chi connectivity index (χ4n) is 3.02. The first-order chi connectivity index (χ1) is 10.1. The second-order valence-electron chi connectivity index (χ2n) is 5.55. The van der Waals surface area contributed by atoms with Gasteiger partial charge in [0.1, 0.15) is 5.82 Å². The third-order valence-corrected chi connectivity index (χ3v) is 4.87. The number of carbonyl (C=O) groups is 1. The maximum atomic E-state index is 13.2. The Balaban J connectivity index is 1.87. The molecule has 0 radical (unpaired) electrons. The number of aryl methyl sites for hydroxylation is 1. The summed E-state index contributed by atoms with van der Waals surface area (Å²) in [5, 5.41) is 0. The summed E-state index contributed by atoms with van der Waals surface area (Å²) in [6.07, 6.45) is 3.53. The van der Waals surface area contributed by atoms with Crippen LogP contribution in [0.25, 0.3) is 0 Å². The predicted molar refractivity (Wildman–Crippen MR) is 85.0 cm³/mol. The van der Waals surface area contributed by atoms with E-state index in [0.717, 1.165) is 40.4 Å². The molecular formula is C18H16BrFO. The highest BCUT2D eigenvalue weighted by Gasteiger charge is 2.25. The van der Waals surface area contributed by atoms with E-state index in [0.29, 0.717) is 6.42 Å². The topological polar surface area (TPSA) is 17.1 Å². The molecule has 0 N–H and O–H groups in total. The van der Waals surface area contributed by atoms with Gasteiger partial charge in [-0.1, -0.05) is 46.3 Å². The Morgan fingerprint density at radius 2 is 2.00 bits per heavy atom. The van der Waals surface area contributed by atoms with E-state index in [1.807, 2.05) is 24.3 Å². The van der Waals surface area contributed by atoms with Crippen molar-refractivity contribution in [2.75, 3.05) is 0 Å². The molecular weight excluding hydrogens is 331 g/mol. The van der Waals surface area contributed by atoms with Gasteiger partial charge in [0.2, 0.25) is 0 Å². The highest BCUT2D eigenvalue weighted by molar-refractivity contribution is 9.10. The first kappa shape index (κ1) is 14.5. The van der Waals surface area contributed by atoms with Gasteiger partial charge in [0.05, 0.1) is 0 Å². The van der Waals surface area contributed by atoms with Gasteiger partial charge in [0.25, 0.3) is 0 Å². The van der Waals surface area contributed by atoms with Gasteiger partial charge in [0.15, 0.2) is 5.78 Å². The van der Waals surface area contributed by atoms with Crippen LogP contribution in [-0.4, -0.2) is 5.78 Å². The standard InChI is InChI=1S/C18H16BrFO/c19-17-11-15(20)9-8-13(17)10-14-6-3-5-12-4-1-2-7-16(12)18(14)21/h1-2,4,7-9,11,14H,3,5-6,10H2. The Labute approximate surface area is 132 Å². The molecule has 1 aliphatic carbocycles. The second-order valence-corrected chi connectivity index (χ2v) is 6.40. The smallest absolute Gasteiger partial charge is 0.166 e. The van der Waals surface area contributed by atoms with E-state index in [-0.39, 0.29) is 17.5 Å². The van der Waals surface area contributed by atoms with Crippen molar-refractivity contribution in [3.05, 3.63) is 69.4 Å². The van der Waals surface area contributed by atoms with E-state index >= 15 is 0 Å². The van der Waals surface area contributed by atoms with Gasteiger partial charge < -0.3 is 0 Å². The van der Waals surface area contributed by atoms with Gasteiger partial charge in [-0.05, 0) is 48.9 Å². The van der Waals surface area contributed by atoms with Crippen LogP contribution in [0.1, 0.15) is 34.3 Å². The van der Waals surface area contributed by atoms with Gasteiger partial charge >= 0.3 is 0 Å². The van der Waals surface area contributed by atoms with Crippen LogP contribution < -0.4 is 0 Å². The molecule has 0 aromatic heterocycles. The van der Waals surface area contributed by atoms with E-state index in [9.17, 15) is 9.18 Å². The lowest BCUT2D eigenvalue weighted by atomic mass is 9.89. The van der Waals surface area contributed by atoms with Gasteiger partial charge in [0, 0.05) is 16.0 Å². The molecule has 0 spiro atoms. The second kappa shape index (κ2) is 6.10. The Hall–Kier alpha value is -1.48. The molecule has 21 heavy (non-hydrogen) atoms. The first-order valence-electron chi connectivity index (χ1n) is 7.21. The molecule has 108 valence electrons. The lowest BCUT2D eigenvalue weighted by molar-refractivity contribution is 0.0915. The molecule has 0 amide bonds. The SMILES string of the molecule is O=C1c2ccccc2CCCC1Cc1ccc(F)cc1Br. The van der Waals surface area contributed by atoms with Crippen molar-refractivity contribution in [1.29, 1.82) is 0 Å². The van der Waals surface area contributed by atoms with Gasteiger partial charge in [-0.3, -0.25) is 4.79 Å². The fraction of sp³-hybridized carbons (Fsp3) is 0.278. The molecule has 0 bridgehead atoms. The summed E-state index contributed by atoms with van der Waals surface area (Å²) in [6, 6.07) is 12.6. The monoisotopic (exact) mass is 346 g/mol. The Kier molecular flexibility index (Phi) is 4.20. The van der Waals surface area contributed by atoms with Crippen molar-refractivity contribution in [3.8, 4) is 0 Å². The molecule has 2 aromatic carbocycles. The van der Waals surface area contributed by atoms with Crippen molar-refractivity contribution in [3.63, 3.8) is 0 Å². The van der Waals surface area contributed by atoms with E-state index in [2.05, 4.69) is 15.9 Å². The zero-order valence-corrected chi connectivity index (χ0v) is 13.2. The molecule has 1 nitrogen and oxygen atoms in total. The van der Waals surface area contributed by atoms with Crippen molar-refractivity contribution in [1.82, 2.24) is 0 Å². The average Bonchev–Trinajstić information content (AvgIpc) is 2.63. The maximum absolute atomic E-state index is 13.2. The summed E-state index contributed by atoms with van der Waals surface area (Å²) in [5.74, 6) is -0.0575. The lowest BCUT2D eigenvalue weighted by Gasteiger charge is -2.15. The number of benzene rings is 2. The van der Waals surface area contributed by atoms with Crippen LogP contribution in [0.2, 0.25) is 0 Å². The summed E-state index contributed by atoms with van der Waals surface area (Å²) >= 11 is 3.39. The van der Waals surface area contributed by atoms with Gasteiger partial charge in [-0.2, -0.15) is 0 Å². The molecule has 2 aromatic rings. The molecule has 0 heterocycles. The van der Waals surface area contributed by atoms with E-state index in [4.69, 9.17) is 0 Å². The minimum absolute atomic E-state index is 0.0181. The lowest BCUT2D eigenvalue weighted by Crippen LogP contribution is -2.17. The van der Waals surface area contributed by atoms with Crippen LogP contribution in [0.3, 0.4) is 0 Å². The van der Waals surface area contributed by atoms with Crippen molar-refractivity contribution >= 4 is 21.7 Å². The molecule has 0 saturated heterocycles. The minimum Gasteiger partial charge on any atom is -0.294 e. The Morgan fingerprint density at radius 3 is 2.81 bits per heavy atom. The minimum atomic E-state index is -0.261. The number of hydrogen-bond donors (Lipinski definition) is 0. The summed E-state index contributed by atoms with van der Waals surface area (Å²) in [4.78, 5) is 12.7. The summed E-state index contributed by atoms with van der Waals surface area (Å²) in [6.45, 7) is 0. The number of ketones is 1. The summed E-state index contributed by atoms with van der Waals surface area (Å²) in [7, 11) is 0. The molecule has 1 aliphatic rings. The molecule has 0 fully saturated rings. The average molecular weight is 347 g/mol. The number of carbonyl (C=O) groups excluding carboxylic acids is 1. The number of fused-ring (bicyclic) bond motifs is 1. The van der Waals surface area contributed by atoms with Crippen molar-refractivity contribution in [2.45, 2.75) is 25.7 Å². The highest BCUT2D eigenvalue weighted by atomic mass is 79.9. The summed E-state index contributed by atoms with van der Waals surface area (Å²) in [5.41, 5.74) is 3.01.